The number of hydrogen-bond donors (Lipinski definition) is 1. The average molecular weight is 391 g/mol. The van der Waals surface area contributed by atoms with Crippen molar-refractivity contribution in [2.75, 3.05) is 12.4 Å². The highest BCUT2D eigenvalue weighted by molar-refractivity contribution is 8.08. The van der Waals surface area contributed by atoms with Gasteiger partial charge in [-0.25, -0.2) is 4.98 Å². The molecule has 140 valence electrons. The molecule has 1 N–H and O–H groups in total. The number of aliphatic hydroxyl groups excluding tert-OH is 1. The maximum atomic E-state index is 13.3. The van der Waals surface area contributed by atoms with Crippen LogP contribution in [0.1, 0.15) is 61.7 Å². The lowest BCUT2D eigenvalue weighted by atomic mass is 9.96. The van der Waals surface area contributed by atoms with E-state index in [9.17, 15) is 9.90 Å². The zero-order valence-electron chi connectivity index (χ0n) is 15.3. The first-order valence-electron chi connectivity index (χ1n) is 9.75. The average Bonchev–Trinajstić information content (AvgIpc) is 3.00. The Kier molecular flexibility index (Phi) is 5.53. The zero-order chi connectivity index (χ0) is 18.1. The Hall–Kier alpha value is -1.11. The van der Waals surface area contributed by atoms with Crippen LogP contribution in [-0.4, -0.2) is 27.0 Å². The summed E-state index contributed by atoms with van der Waals surface area (Å²) in [6, 6.07) is 0. The van der Waals surface area contributed by atoms with Crippen LogP contribution in [-0.2, 0) is 19.4 Å². The summed E-state index contributed by atoms with van der Waals surface area (Å²) in [6.45, 7) is 3.09. The molecule has 3 heterocycles. The lowest BCUT2D eigenvalue weighted by Gasteiger charge is -2.19. The minimum atomic E-state index is 0.114. The smallest absolute Gasteiger partial charge is 0.262 e. The summed E-state index contributed by atoms with van der Waals surface area (Å²) in [6.07, 6.45) is 8.32. The van der Waals surface area contributed by atoms with Crippen molar-refractivity contribution < 1.29 is 5.11 Å². The van der Waals surface area contributed by atoms with Crippen molar-refractivity contribution in [2.45, 2.75) is 64.8 Å². The summed E-state index contributed by atoms with van der Waals surface area (Å²) in [5, 5.41) is 10.7. The third-order valence-electron chi connectivity index (χ3n) is 5.37. The van der Waals surface area contributed by atoms with Crippen LogP contribution in [0.4, 0.5) is 0 Å². The fraction of sp³-hybridized carbons (Fsp3) is 0.600. The van der Waals surface area contributed by atoms with Gasteiger partial charge in [-0.1, -0.05) is 19.8 Å². The van der Waals surface area contributed by atoms with E-state index in [4.69, 9.17) is 4.98 Å². The minimum absolute atomic E-state index is 0.114. The van der Waals surface area contributed by atoms with Gasteiger partial charge in [0.2, 0.25) is 0 Å². The number of aliphatic hydroxyl groups is 1. The molecule has 0 atom stereocenters. The quantitative estimate of drug-likeness (QED) is 0.842. The molecule has 0 amide bonds. The second kappa shape index (κ2) is 7.87. The Labute approximate surface area is 162 Å². The minimum Gasteiger partial charge on any atom is -0.392 e. The van der Waals surface area contributed by atoms with Gasteiger partial charge in [0, 0.05) is 22.7 Å². The maximum Gasteiger partial charge on any atom is 0.262 e. The summed E-state index contributed by atoms with van der Waals surface area (Å²) < 4.78 is 1.94. The molecule has 2 aliphatic rings. The summed E-state index contributed by atoms with van der Waals surface area (Å²) in [4.78, 5) is 21.5. The van der Waals surface area contributed by atoms with Crippen LogP contribution < -0.4 is 5.56 Å². The van der Waals surface area contributed by atoms with Gasteiger partial charge in [0.15, 0.2) is 0 Å². The molecule has 0 aromatic carbocycles. The van der Waals surface area contributed by atoms with E-state index >= 15 is 0 Å². The van der Waals surface area contributed by atoms with Crippen molar-refractivity contribution >= 4 is 38.2 Å². The molecular weight excluding hydrogens is 364 g/mol. The Morgan fingerprint density at radius 3 is 2.85 bits per heavy atom. The summed E-state index contributed by atoms with van der Waals surface area (Å²) in [7, 11) is 0. The molecule has 1 aliphatic heterocycles. The molecule has 0 saturated heterocycles. The second-order valence-electron chi connectivity index (χ2n) is 7.18. The van der Waals surface area contributed by atoms with E-state index in [1.165, 1.54) is 28.2 Å². The largest absolute Gasteiger partial charge is 0.392 e. The SMILES string of the molecule is CCCSC1=C(CO)CCc2c1sc1nc3n(c(=O)c21)CCCCCC3. The standard InChI is InChI=1S/C20H26N2O2S2/c1-2-11-25-17-13(12-23)8-9-14-16-19(26-18(14)17)21-15-7-5-3-4-6-10-22(15)20(16)24/h23H,2-12H2,1H3. The molecule has 0 fully saturated rings. The van der Waals surface area contributed by atoms with Gasteiger partial charge in [0.1, 0.15) is 10.7 Å². The van der Waals surface area contributed by atoms with Gasteiger partial charge in [0.05, 0.1) is 12.0 Å². The third-order valence-corrected chi connectivity index (χ3v) is 8.03. The van der Waals surface area contributed by atoms with E-state index in [1.54, 1.807) is 11.3 Å². The summed E-state index contributed by atoms with van der Waals surface area (Å²) in [5.74, 6) is 2.00. The monoisotopic (exact) mass is 390 g/mol. The number of hydrogen-bond acceptors (Lipinski definition) is 5. The first-order valence-corrected chi connectivity index (χ1v) is 11.6. The number of thioether (sulfide) groups is 1. The molecule has 0 bridgehead atoms. The van der Waals surface area contributed by atoms with E-state index in [0.29, 0.717) is 0 Å². The highest BCUT2D eigenvalue weighted by Gasteiger charge is 2.27. The number of aryl methyl sites for hydroxylation is 2. The normalized spacial score (nSPS) is 17.8. The van der Waals surface area contributed by atoms with Gasteiger partial charge < -0.3 is 5.11 Å². The Bertz CT molecular complexity index is 911. The molecule has 4 rings (SSSR count). The van der Waals surface area contributed by atoms with Gasteiger partial charge in [-0.15, -0.1) is 23.1 Å². The van der Waals surface area contributed by atoms with Crippen molar-refractivity contribution in [3.8, 4) is 0 Å². The van der Waals surface area contributed by atoms with Gasteiger partial charge in [-0.2, -0.15) is 0 Å². The van der Waals surface area contributed by atoms with Crippen LogP contribution in [0.3, 0.4) is 0 Å². The molecule has 1 aliphatic carbocycles. The van der Waals surface area contributed by atoms with Crippen molar-refractivity contribution in [3.63, 3.8) is 0 Å². The highest BCUT2D eigenvalue weighted by Crippen LogP contribution is 2.45. The number of fused-ring (bicyclic) bond motifs is 4. The first kappa shape index (κ1) is 18.3. The number of aromatic nitrogens is 2. The van der Waals surface area contributed by atoms with E-state index < -0.39 is 0 Å². The predicted molar refractivity (Wildman–Crippen MR) is 111 cm³/mol. The topological polar surface area (TPSA) is 55.1 Å². The first-order chi connectivity index (χ1) is 12.7. The molecule has 0 radical (unpaired) electrons. The van der Waals surface area contributed by atoms with Crippen LogP contribution in [0.5, 0.6) is 0 Å². The predicted octanol–water partition coefficient (Wildman–Crippen LogP) is 4.37. The molecular formula is C20H26N2O2S2. The number of nitrogens with zero attached hydrogens (tertiary/aromatic N) is 2. The lowest BCUT2D eigenvalue weighted by molar-refractivity contribution is 0.327. The van der Waals surface area contributed by atoms with E-state index in [1.807, 2.05) is 16.3 Å². The van der Waals surface area contributed by atoms with Crippen molar-refractivity contribution in [2.24, 2.45) is 0 Å². The molecule has 2 aromatic heterocycles. The van der Waals surface area contributed by atoms with Gasteiger partial charge in [-0.3, -0.25) is 9.36 Å². The summed E-state index contributed by atoms with van der Waals surface area (Å²) in [5.41, 5.74) is 2.47. The fourth-order valence-corrected chi connectivity index (χ4v) is 6.56. The van der Waals surface area contributed by atoms with Crippen LogP contribution in [0.15, 0.2) is 10.4 Å². The zero-order valence-corrected chi connectivity index (χ0v) is 17.0. The Morgan fingerprint density at radius 2 is 2.04 bits per heavy atom. The summed E-state index contributed by atoms with van der Waals surface area (Å²) >= 11 is 3.49. The lowest BCUT2D eigenvalue weighted by Crippen LogP contribution is -2.26. The molecule has 2 aromatic rings. The van der Waals surface area contributed by atoms with Gasteiger partial charge >= 0.3 is 0 Å². The van der Waals surface area contributed by atoms with Gasteiger partial charge in [0.25, 0.3) is 5.56 Å². The number of thiophene rings is 1. The maximum absolute atomic E-state index is 13.3. The van der Waals surface area contributed by atoms with E-state index in [-0.39, 0.29) is 12.2 Å². The molecule has 0 saturated carbocycles. The Morgan fingerprint density at radius 1 is 1.19 bits per heavy atom. The number of rotatable bonds is 4. The van der Waals surface area contributed by atoms with Crippen LogP contribution >= 0.6 is 23.1 Å². The molecule has 0 spiro atoms. The van der Waals surface area contributed by atoms with Crippen LogP contribution in [0.25, 0.3) is 15.1 Å². The van der Waals surface area contributed by atoms with Crippen LogP contribution in [0.2, 0.25) is 0 Å². The van der Waals surface area contributed by atoms with Crippen LogP contribution in [0, 0.1) is 0 Å². The van der Waals surface area contributed by atoms with Gasteiger partial charge in [-0.05, 0) is 49.0 Å². The van der Waals surface area contributed by atoms with Crippen molar-refractivity contribution in [3.05, 3.63) is 32.2 Å². The molecule has 0 unspecified atom stereocenters. The fourth-order valence-electron chi connectivity index (χ4n) is 4.00. The third kappa shape index (κ3) is 3.16. The highest BCUT2D eigenvalue weighted by atomic mass is 32.2. The second-order valence-corrected chi connectivity index (χ2v) is 9.28. The molecule has 26 heavy (non-hydrogen) atoms. The molecule has 4 nitrogen and oxygen atoms in total. The molecule has 6 heteroatoms. The van der Waals surface area contributed by atoms with Crippen molar-refractivity contribution in [1.29, 1.82) is 0 Å². The van der Waals surface area contributed by atoms with Crippen molar-refractivity contribution in [1.82, 2.24) is 9.55 Å². The van der Waals surface area contributed by atoms with E-state index in [0.717, 1.165) is 72.4 Å². The Balaban J connectivity index is 1.89. The van der Waals surface area contributed by atoms with E-state index in [2.05, 4.69) is 6.92 Å².